The molecule has 20 heavy (non-hydrogen) atoms. The first-order valence-corrected chi connectivity index (χ1v) is 8.59. The summed E-state index contributed by atoms with van der Waals surface area (Å²) < 4.78 is 27.4. The van der Waals surface area contributed by atoms with Crippen LogP contribution in [-0.4, -0.2) is 13.4 Å². The molecule has 1 aromatic carbocycles. The van der Waals surface area contributed by atoms with Crippen LogP contribution in [0.2, 0.25) is 0 Å². The Balaban J connectivity index is 2.23. The number of nitrogens with one attached hydrogen (secondary N) is 1. The standard InChI is InChI=1S/C14H18N2O2S2/c1-9-5-6-10(2)14(7-9)20(17,18)15-8-13-11(3)16-12(4)19-13/h5-7,15H,8H2,1-4H3. The molecule has 0 fully saturated rings. The predicted octanol–water partition coefficient (Wildman–Crippen LogP) is 2.86. The molecule has 0 spiro atoms. The minimum Gasteiger partial charge on any atom is -0.247 e. The zero-order valence-electron chi connectivity index (χ0n) is 12.0. The van der Waals surface area contributed by atoms with Crippen LogP contribution in [0.1, 0.15) is 26.7 Å². The Kier molecular flexibility index (Phi) is 4.27. The Morgan fingerprint density at radius 3 is 2.50 bits per heavy atom. The minimum absolute atomic E-state index is 0.285. The maximum absolute atomic E-state index is 12.4. The largest absolute Gasteiger partial charge is 0.247 e. The molecule has 0 radical (unpaired) electrons. The van der Waals surface area contributed by atoms with E-state index in [0.717, 1.165) is 26.7 Å². The SMILES string of the molecule is Cc1ccc(C)c(S(=O)(=O)NCc2sc(C)nc2C)c1. The second kappa shape index (κ2) is 5.63. The Bertz CT molecular complexity index is 734. The summed E-state index contributed by atoms with van der Waals surface area (Å²) in [5.74, 6) is 0. The van der Waals surface area contributed by atoms with Gasteiger partial charge in [-0.15, -0.1) is 11.3 Å². The van der Waals surface area contributed by atoms with E-state index in [1.54, 1.807) is 13.0 Å². The Morgan fingerprint density at radius 1 is 1.20 bits per heavy atom. The van der Waals surface area contributed by atoms with Crippen molar-refractivity contribution in [2.75, 3.05) is 0 Å². The second-order valence-electron chi connectivity index (χ2n) is 4.83. The molecule has 0 aliphatic carbocycles. The van der Waals surface area contributed by atoms with E-state index in [4.69, 9.17) is 0 Å². The highest BCUT2D eigenvalue weighted by Gasteiger charge is 2.17. The highest BCUT2D eigenvalue weighted by molar-refractivity contribution is 7.89. The van der Waals surface area contributed by atoms with E-state index in [1.807, 2.05) is 32.9 Å². The van der Waals surface area contributed by atoms with Crippen molar-refractivity contribution in [3.8, 4) is 0 Å². The molecule has 0 aliphatic heterocycles. The molecule has 0 amide bonds. The number of aromatic nitrogens is 1. The number of rotatable bonds is 4. The third-order valence-electron chi connectivity index (χ3n) is 3.06. The van der Waals surface area contributed by atoms with Gasteiger partial charge >= 0.3 is 0 Å². The molecule has 0 saturated heterocycles. The van der Waals surface area contributed by atoms with E-state index in [-0.39, 0.29) is 6.54 Å². The smallest absolute Gasteiger partial charge is 0.241 e. The lowest BCUT2D eigenvalue weighted by Gasteiger charge is -2.09. The van der Waals surface area contributed by atoms with Crippen LogP contribution >= 0.6 is 11.3 Å². The van der Waals surface area contributed by atoms with Crippen molar-refractivity contribution >= 4 is 21.4 Å². The van der Waals surface area contributed by atoms with Crippen molar-refractivity contribution in [1.29, 1.82) is 0 Å². The van der Waals surface area contributed by atoms with Gasteiger partial charge in [0.1, 0.15) is 0 Å². The molecule has 0 atom stereocenters. The lowest BCUT2D eigenvalue weighted by Crippen LogP contribution is -2.24. The number of aryl methyl sites for hydroxylation is 4. The van der Waals surface area contributed by atoms with Gasteiger partial charge in [-0.2, -0.15) is 0 Å². The van der Waals surface area contributed by atoms with Crippen molar-refractivity contribution in [2.24, 2.45) is 0 Å². The lowest BCUT2D eigenvalue weighted by molar-refractivity contribution is 0.581. The average molecular weight is 310 g/mol. The molecule has 1 aromatic heterocycles. The van der Waals surface area contributed by atoms with Crippen LogP contribution in [0.5, 0.6) is 0 Å². The van der Waals surface area contributed by atoms with Gasteiger partial charge in [-0.05, 0) is 44.9 Å². The van der Waals surface area contributed by atoms with E-state index in [1.165, 1.54) is 11.3 Å². The molecular weight excluding hydrogens is 292 g/mol. The van der Waals surface area contributed by atoms with Crippen LogP contribution in [0.25, 0.3) is 0 Å². The van der Waals surface area contributed by atoms with Gasteiger partial charge in [-0.3, -0.25) is 0 Å². The third kappa shape index (κ3) is 3.26. The molecule has 108 valence electrons. The highest BCUT2D eigenvalue weighted by atomic mass is 32.2. The summed E-state index contributed by atoms with van der Waals surface area (Å²) in [7, 11) is -3.49. The summed E-state index contributed by atoms with van der Waals surface area (Å²) in [5.41, 5.74) is 2.57. The normalized spacial score (nSPS) is 11.8. The predicted molar refractivity (Wildman–Crippen MR) is 81.5 cm³/mol. The summed E-state index contributed by atoms with van der Waals surface area (Å²) in [6.07, 6.45) is 0. The number of thiazole rings is 1. The van der Waals surface area contributed by atoms with Crippen LogP contribution in [-0.2, 0) is 16.6 Å². The molecule has 2 rings (SSSR count). The zero-order valence-corrected chi connectivity index (χ0v) is 13.7. The second-order valence-corrected chi connectivity index (χ2v) is 7.86. The van der Waals surface area contributed by atoms with Gasteiger partial charge in [0.05, 0.1) is 15.6 Å². The van der Waals surface area contributed by atoms with Gasteiger partial charge in [-0.25, -0.2) is 18.1 Å². The van der Waals surface area contributed by atoms with Gasteiger partial charge in [0.15, 0.2) is 0 Å². The molecule has 1 N–H and O–H groups in total. The fourth-order valence-electron chi connectivity index (χ4n) is 1.97. The molecule has 0 saturated carbocycles. The molecular formula is C14H18N2O2S2. The van der Waals surface area contributed by atoms with Crippen LogP contribution in [0.3, 0.4) is 0 Å². The van der Waals surface area contributed by atoms with Crippen LogP contribution < -0.4 is 4.72 Å². The first kappa shape index (κ1) is 15.2. The first-order chi connectivity index (χ1) is 9.29. The van der Waals surface area contributed by atoms with E-state index in [2.05, 4.69) is 9.71 Å². The Morgan fingerprint density at radius 2 is 1.90 bits per heavy atom. The van der Waals surface area contributed by atoms with Crippen molar-refractivity contribution in [3.63, 3.8) is 0 Å². The summed E-state index contributed by atoms with van der Waals surface area (Å²) in [6, 6.07) is 5.43. The number of benzene rings is 1. The first-order valence-electron chi connectivity index (χ1n) is 6.29. The van der Waals surface area contributed by atoms with Crippen LogP contribution in [0.15, 0.2) is 23.1 Å². The minimum atomic E-state index is -3.49. The summed E-state index contributed by atoms with van der Waals surface area (Å²) in [5, 5.41) is 0.948. The van der Waals surface area contributed by atoms with Gasteiger partial charge < -0.3 is 0 Å². The van der Waals surface area contributed by atoms with Gasteiger partial charge in [-0.1, -0.05) is 12.1 Å². The van der Waals surface area contributed by atoms with E-state index in [9.17, 15) is 8.42 Å². The zero-order chi connectivity index (χ0) is 14.9. The van der Waals surface area contributed by atoms with Crippen LogP contribution in [0, 0.1) is 27.7 Å². The molecule has 0 unspecified atom stereocenters. The maximum Gasteiger partial charge on any atom is 0.241 e. The Hall–Kier alpha value is -1.24. The van der Waals surface area contributed by atoms with E-state index in [0.29, 0.717) is 4.90 Å². The highest BCUT2D eigenvalue weighted by Crippen LogP contribution is 2.20. The molecule has 4 nitrogen and oxygen atoms in total. The average Bonchev–Trinajstić information content (AvgIpc) is 2.68. The number of sulfonamides is 1. The fraction of sp³-hybridized carbons (Fsp3) is 0.357. The van der Waals surface area contributed by atoms with Gasteiger partial charge in [0, 0.05) is 11.4 Å². The summed E-state index contributed by atoms with van der Waals surface area (Å²) in [6.45, 7) is 7.78. The third-order valence-corrected chi connectivity index (χ3v) is 5.67. The van der Waals surface area contributed by atoms with E-state index >= 15 is 0 Å². The van der Waals surface area contributed by atoms with Gasteiger partial charge in [0.2, 0.25) is 10.0 Å². The fourth-order valence-corrected chi connectivity index (χ4v) is 4.26. The lowest BCUT2D eigenvalue weighted by atomic mass is 10.2. The van der Waals surface area contributed by atoms with Crippen molar-refractivity contribution in [1.82, 2.24) is 9.71 Å². The molecule has 1 heterocycles. The van der Waals surface area contributed by atoms with Crippen molar-refractivity contribution in [3.05, 3.63) is 44.9 Å². The molecule has 0 aliphatic rings. The molecule has 2 aromatic rings. The summed E-state index contributed by atoms with van der Waals surface area (Å²) >= 11 is 1.52. The maximum atomic E-state index is 12.4. The van der Waals surface area contributed by atoms with Crippen molar-refractivity contribution in [2.45, 2.75) is 39.1 Å². The monoisotopic (exact) mass is 310 g/mol. The van der Waals surface area contributed by atoms with Crippen molar-refractivity contribution < 1.29 is 8.42 Å². The van der Waals surface area contributed by atoms with E-state index < -0.39 is 10.0 Å². The van der Waals surface area contributed by atoms with Crippen LogP contribution in [0.4, 0.5) is 0 Å². The Labute approximate surface area is 123 Å². The number of nitrogens with zero attached hydrogens (tertiary/aromatic N) is 1. The summed E-state index contributed by atoms with van der Waals surface area (Å²) in [4.78, 5) is 5.60. The topological polar surface area (TPSA) is 59.1 Å². The van der Waals surface area contributed by atoms with Gasteiger partial charge in [0.25, 0.3) is 0 Å². The molecule has 0 bridgehead atoms. The molecule has 6 heteroatoms. The number of hydrogen-bond donors (Lipinski definition) is 1. The quantitative estimate of drug-likeness (QED) is 0.944. The number of hydrogen-bond acceptors (Lipinski definition) is 4.